The summed E-state index contributed by atoms with van der Waals surface area (Å²) >= 11 is 0. The molecule has 1 aromatic carbocycles. The van der Waals surface area contributed by atoms with E-state index in [1.807, 2.05) is 13.8 Å². The van der Waals surface area contributed by atoms with Crippen molar-refractivity contribution in [2.24, 2.45) is 13.0 Å². The number of benzene rings is 1. The molecule has 0 aliphatic carbocycles. The van der Waals surface area contributed by atoms with E-state index in [0.29, 0.717) is 40.9 Å². The smallest absolute Gasteiger partial charge is 0.271 e. The van der Waals surface area contributed by atoms with Gasteiger partial charge < -0.3 is 20.1 Å². The number of ether oxygens (including phenoxy) is 2. The standard InChI is InChI=1S/C18H24N4O4/c1-11(2)9-19-18(24)16-13(10-20-22(16)3)21-17(23)12-6-7-14(25-4)15(8-12)26-5/h6-8,10-11H,9H2,1-5H3,(H,19,24)(H,21,23). The number of amides is 2. The highest BCUT2D eigenvalue weighted by atomic mass is 16.5. The Morgan fingerprint density at radius 1 is 1.15 bits per heavy atom. The Bertz CT molecular complexity index is 798. The van der Waals surface area contributed by atoms with Crippen LogP contribution in [0.5, 0.6) is 11.5 Å². The predicted molar refractivity (Wildman–Crippen MR) is 97.9 cm³/mol. The molecule has 0 radical (unpaired) electrons. The monoisotopic (exact) mass is 360 g/mol. The third-order valence-electron chi connectivity index (χ3n) is 3.72. The molecule has 140 valence electrons. The maximum absolute atomic E-state index is 12.6. The van der Waals surface area contributed by atoms with Crippen LogP contribution in [0.2, 0.25) is 0 Å². The average molecular weight is 360 g/mol. The number of nitrogens with one attached hydrogen (secondary N) is 2. The number of carbonyl (C=O) groups is 2. The molecule has 0 fully saturated rings. The third-order valence-corrected chi connectivity index (χ3v) is 3.72. The molecule has 0 atom stereocenters. The fourth-order valence-electron chi connectivity index (χ4n) is 2.35. The zero-order valence-electron chi connectivity index (χ0n) is 15.6. The topological polar surface area (TPSA) is 94.5 Å². The van der Waals surface area contributed by atoms with Crippen molar-refractivity contribution in [3.8, 4) is 11.5 Å². The highest BCUT2D eigenvalue weighted by Gasteiger charge is 2.20. The minimum absolute atomic E-state index is 0.290. The summed E-state index contributed by atoms with van der Waals surface area (Å²) in [6, 6.07) is 4.84. The molecule has 0 aliphatic rings. The maximum Gasteiger partial charge on any atom is 0.271 e. The van der Waals surface area contributed by atoms with Crippen molar-refractivity contribution in [1.29, 1.82) is 0 Å². The van der Waals surface area contributed by atoms with Crippen LogP contribution >= 0.6 is 0 Å². The van der Waals surface area contributed by atoms with Crippen molar-refractivity contribution < 1.29 is 19.1 Å². The summed E-state index contributed by atoms with van der Waals surface area (Å²) in [6.45, 7) is 4.54. The molecule has 2 aromatic rings. The van der Waals surface area contributed by atoms with E-state index in [-0.39, 0.29) is 11.8 Å². The van der Waals surface area contributed by atoms with Gasteiger partial charge in [0.2, 0.25) is 0 Å². The normalized spacial score (nSPS) is 10.5. The number of aromatic nitrogens is 2. The van der Waals surface area contributed by atoms with E-state index < -0.39 is 0 Å². The van der Waals surface area contributed by atoms with Crippen molar-refractivity contribution in [1.82, 2.24) is 15.1 Å². The molecule has 2 N–H and O–H groups in total. The second-order valence-corrected chi connectivity index (χ2v) is 6.16. The Balaban J connectivity index is 2.21. The van der Waals surface area contributed by atoms with Crippen molar-refractivity contribution >= 4 is 17.5 Å². The predicted octanol–water partition coefficient (Wildman–Crippen LogP) is 2.08. The van der Waals surface area contributed by atoms with Gasteiger partial charge in [-0.05, 0) is 24.1 Å². The summed E-state index contributed by atoms with van der Waals surface area (Å²) in [5.74, 6) is 0.621. The highest BCUT2D eigenvalue weighted by molar-refractivity contribution is 6.08. The lowest BCUT2D eigenvalue weighted by Crippen LogP contribution is -2.30. The van der Waals surface area contributed by atoms with Crippen LogP contribution < -0.4 is 20.1 Å². The minimum atomic E-state index is -0.378. The number of anilines is 1. The first-order valence-electron chi connectivity index (χ1n) is 8.21. The quantitative estimate of drug-likeness (QED) is 0.788. The van der Waals surface area contributed by atoms with Gasteiger partial charge in [-0.25, -0.2) is 0 Å². The molecular formula is C18H24N4O4. The van der Waals surface area contributed by atoms with Crippen LogP contribution in [-0.2, 0) is 7.05 Å². The fourth-order valence-corrected chi connectivity index (χ4v) is 2.35. The first-order valence-corrected chi connectivity index (χ1v) is 8.21. The maximum atomic E-state index is 12.6. The molecule has 0 spiro atoms. The number of carbonyl (C=O) groups excluding carboxylic acids is 2. The Hall–Kier alpha value is -3.03. The van der Waals surface area contributed by atoms with Crippen molar-refractivity contribution in [3.05, 3.63) is 35.7 Å². The van der Waals surface area contributed by atoms with Crippen LogP contribution in [0.4, 0.5) is 5.69 Å². The fraction of sp³-hybridized carbons (Fsp3) is 0.389. The third kappa shape index (κ3) is 4.33. The van der Waals surface area contributed by atoms with Crippen LogP contribution in [0, 0.1) is 5.92 Å². The molecular weight excluding hydrogens is 336 g/mol. The molecule has 0 bridgehead atoms. The molecule has 8 heteroatoms. The summed E-state index contributed by atoms with van der Waals surface area (Å²) in [6.07, 6.45) is 1.45. The Morgan fingerprint density at radius 3 is 2.46 bits per heavy atom. The van der Waals surface area contributed by atoms with Crippen LogP contribution in [0.25, 0.3) is 0 Å². The molecule has 0 unspecified atom stereocenters. The van der Waals surface area contributed by atoms with Gasteiger partial charge >= 0.3 is 0 Å². The van der Waals surface area contributed by atoms with Gasteiger partial charge in [0.1, 0.15) is 5.69 Å². The Kier molecular flexibility index (Phi) is 6.21. The molecule has 0 saturated heterocycles. The van der Waals surface area contributed by atoms with Gasteiger partial charge in [0.05, 0.1) is 26.1 Å². The highest BCUT2D eigenvalue weighted by Crippen LogP contribution is 2.28. The Labute approximate surface area is 152 Å². The zero-order chi connectivity index (χ0) is 19.3. The van der Waals surface area contributed by atoms with Gasteiger partial charge in [-0.3, -0.25) is 14.3 Å². The van der Waals surface area contributed by atoms with Gasteiger partial charge in [-0.1, -0.05) is 13.8 Å². The van der Waals surface area contributed by atoms with E-state index in [1.165, 1.54) is 25.1 Å². The summed E-state index contributed by atoms with van der Waals surface area (Å²) in [5, 5.41) is 9.62. The summed E-state index contributed by atoms with van der Waals surface area (Å²) in [4.78, 5) is 24.9. The molecule has 0 saturated carbocycles. The van der Waals surface area contributed by atoms with Crippen LogP contribution in [-0.4, -0.2) is 42.4 Å². The van der Waals surface area contributed by atoms with E-state index in [9.17, 15) is 9.59 Å². The van der Waals surface area contributed by atoms with Crippen molar-refractivity contribution in [2.45, 2.75) is 13.8 Å². The summed E-state index contributed by atoms with van der Waals surface area (Å²) < 4.78 is 11.8. The van der Waals surface area contributed by atoms with E-state index in [1.54, 1.807) is 25.2 Å². The molecule has 8 nitrogen and oxygen atoms in total. The zero-order valence-corrected chi connectivity index (χ0v) is 15.6. The van der Waals surface area contributed by atoms with Gasteiger partial charge in [0.25, 0.3) is 11.8 Å². The van der Waals surface area contributed by atoms with E-state index in [4.69, 9.17) is 9.47 Å². The van der Waals surface area contributed by atoms with Crippen molar-refractivity contribution in [3.63, 3.8) is 0 Å². The van der Waals surface area contributed by atoms with Crippen LogP contribution in [0.3, 0.4) is 0 Å². The summed E-state index contributed by atoms with van der Waals surface area (Å²) in [5.41, 5.74) is 1.01. The van der Waals surface area contributed by atoms with E-state index in [0.717, 1.165) is 0 Å². The lowest BCUT2D eigenvalue weighted by Gasteiger charge is -2.11. The van der Waals surface area contributed by atoms with E-state index >= 15 is 0 Å². The molecule has 0 aliphatic heterocycles. The van der Waals surface area contributed by atoms with Gasteiger partial charge in [0.15, 0.2) is 11.5 Å². The lowest BCUT2D eigenvalue weighted by molar-refractivity contribution is 0.0940. The van der Waals surface area contributed by atoms with Gasteiger partial charge in [-0.15, -0.1) is 0 Å². The number of methoxy groups -OCH3 is 2. The van der Waals surface area contributed by atoms with Crippen LogP contribution in [0.1, 0.15) is 34.7 Å². The second kappa shape index (κ2) is 8.37. The van der Waals surface area contributed by atoms with Crippen molar-refractivity contribution in [2.75, 3.05) is 26.1 Å². The largest absolute Gasteiger partial charge is 0.493 e. The van der Waals surface area contributed by atoms with Gasteiger partial charge in [0, 0.05) is 19.2 Å². The number of nitrogens with zero attached hydrogens (tertiary/aromatic N) is 2. The lowest BCUT2D eigenvalue weighted by atomic mass is 10.2. The van der Waals surface area contributed by atoms with Crippen LogP contribution in [0.15, 0.2) is 24.4 Å². The number of rotatable bonds is 7. The Morgan fingerprint density at radius 2 is 1.85 bits per heavy atom. The minimum Gasteiger partial charge on any atom is -0.493 e. The second-order valence-electron chi connectivity index (χ2n) is 6.16. The van der Waals surface area contributed by atoms with Gasteiger partial charge in [-0.2, -0.15) is 5.10 Å². The number of hydrogen-bond acceptors (Lipinski definition) is 5. The molecule has 2 rings (SSSR count). The summed E-state index contributed by atoms with van der Waals surface area (Å²) in [7, 11) is 4.67. The molecule has 1 aromatic heterocycles. The number of aryl methyl sites for hydroxylation is 1. The molecule has 2 amide bonds. The number of hydrogen-bond donors (Lipinski definition) is 2. The first-order chi connectivity index (χ1) is 12.4. The SMILES string of the molecule is COc1ccc(C(=O)Nc2cnn(C)c2C(=O)NCC(C)C)cc1OC. The van der Waals surface area contributed by atoms with E-state index in [2.05, 4.69) is 15.7 Å². The average Bonchev–Trinajstić information content (AvgIpc) is 2.99. The molecule has 1 heterocycles. The molecule has 26 heavy (non-hydrogen) atoms. The first kappa shape index (κ1) is 19.3.